The topological polar surface area (TPSA) is 58.4 Å². The first-order chi connectivity index (χ1) is 8.84. The summed E-state index contributed by atoms with van der Waals surface area (Å²) in [7, 11) is 0. The molecule has 0 aromatic heterocycles. The maximum absolute atomic E-state index is 12.5. The number of nitrogens with one attached hydrogen (secondary N) is 1. The maximum atomic E-state index is 12.5. The fraction of sp³-hybridized carbons (Fsp3) is 0.917. The van der Waals surface area contributed by atoms with Crippen LogP contribution >= 0.6 is 0 Å². The number of likely N-dealkylation sites (tertiary alicyclic amines) is 1. The van der Waals surface area contributed by atoms with Crippen molar-refractivity contribution in [3.8, 4) is 0 Å². The van der Waals surface area contributed by atoms with Crippen molar-refractivity contribution in [1.29, 1.82) is 0 Å². The highest BCUT2D eigenvalue weighted by atomic mass is 19.4. The SMILES string of the molecule is CCCNC(CN1CCC(C(F)(F)F)CC1)C(N)=O. The minimum Gasteiger partial charge on any atom is -0.368 e. The molecule has 1 saturated heterocycles. The summed E-state index contributed by atoms with van der Waals surface area (Å²) in [6, 6.07) is -0.484. The zero-order valence-electron chi connectivity index (χ0n) is 11.2. The Balaban J connectivity index is 2.40. The Morgan fingerprint density at radius 3 is 2.42 bits per heavy atom. The number of rotatable bonds is 6. The van der Waals surface area contributed by atoms with Crippen LogP contribution in [0.2, 0.25) is 0 Å². The molecule has 112 valence electrons. The van der Waals surface area contributed by atoms with Gasteiger partial charge in [-0.25, -0.2) is 0 Å². The number of halogens is 3. The van der Waals surface area contributed by atoms with Crippen LogP contribution in [-0.4, -0.2) is 49.2 Å². The number of alkyl halides is 3. The van der Waals surface area contributed by atoms with Gasteiger partial charge in [-0.1, -0.05) is 6.92 Å². The number of nitrogens with two attached hydrogens (primary N) is 1. The number of carbonyl (C=O) groups is 1. The minimum atomic E-state index is -4.10. The quantitative estimate of drug-likeness (QED) is 0.767. The van der Waals surface area contributed by atoms with E-state index in [-0.39, 0.29) is 12.8 Å². The van der Waals surface area contributed by atoms with Gasteiger partial charge in [-0.2, -0.15) is 13.2 Å². The van der Waals surface area contributed by atoms with Gasteiger partial charge < -0.3 is 16.0 Å². The monoisotopic (exact) mass is 281 g/mol. The molecule has 1 heterocycles. The van der Waals surface area contributed by atoms with E-state index in [1.165, 1.54) is 0 Å². The van der Waals surface area contributed by atoms with Gasteiger partial charge in [0, 0.05) is 6.54 Å². The van der Waals surface area contributed by atoms with Crippen molar-refractivity contribution in [2.24, 2.45) is 11.7 Å². The fourth-order valence-corrected chi connectivity index (χ4v) is 2.27. The molecule has 0 saturated carbocycles. The van der Waals surface area contributed by atoms with Gasteiger partial charge in [0.05, 0.1) is 12.0 Å². The molecule has 0 aliphatic carbocycles. The van der Waals surface area contributed by atoms with Crippen LogP contribution in [0.3, 0.4) is 0 Å². The molecule has 0 aromatic rings. The summed E-state index contributed by atoms with van der Waals surface area (Å²) in [6.45, 7) is 3.76. The average Bonchev–Trinajstić information content (AvgIpc) is 2.33. The zero-order chi connectivity index (χ0) is 14.5. The highest BCUT2D eigenvalue weighted by molar-refractivity contribution is 5.80. The Hall–Kier alpha value is -0.820. The summed E-state index contributed by atoms with van der Waals surface area (Å²) >= 11 is 0. The van der Waals surface area contributed by atoms with Gasteiger partial charge in [0.15, 0.2) is 0 Å². The third kappa shape index (κ3) is 5.36. The van der Waals surface area contributed by atoms with Crippen molar-refractivity contribution in [1.82, 2.24) is 10.2 Å². The number of primary amides is 1. The molecule has 19 heavy (non-hydrogen) atoms. The summed E-state index contributed by atoms with van der Waals surface area (Å²) in [6.07, 6.45) is -3.03. The first kappa shape index (κ1) is 16.2. The molecule has 4 nitrogen and oxygen atoms in total. The summed E-state index contributed by atoms with van der Waals surface area (Å²) < 4.78 is 37.6. The molecule has 1 aliphatic heterocycles. The van der Waals surface area contributed by atoms with E-state index in [0.29, 0.717) is 26.2 Å². The molecule has 0 radical (unpaired) electrons. The molecular formula is C12H22F3N3O. The van der Waals surface area contributed by atoms with E-state index in [9.17, 15) is 18.0 Å². The molecule has 1 atom stereocenters. The number of amides is 1. The lowest BCUT2D eigenvalue weighted by molar-refractivity contribution is -0.185. The van der Waals surface area contributed by atoms with Crippen LogP contribution in [0.4, 0.5) is 13.2 Å². The second-order valence-electron chi connectivity index (χ2n) is 5.03. The molecule has 0 aromatic carbocycles. The van der Waals surface area contributed by atoms with E-state index in [1.54, 1.807) is 0 Å². The van der Waals surface area contributed by atoms with Gasteiger partial charge in [-0.3, -0.25) is 4.79 Å². The Morgan fingerprint density at radius 2 is 2.00 bits per heavy atom. The van der Waals surface area contributed by atoms with Crippen LogP contribution in [0.25, 0.3) is 0 Å². The number of carbonyl (C=O) groups excluding carboxylic acids is 1. The normalized spacial score (nSPS) is 20.4. The van der Waals surface area contributed by atoms with Gasteiger partial charge in [0.1, 0.15) is 0 Å². The largest absolute Gasteiger partial charge is 0.391 e. The van der Waals surface area contributed by atoms with Crippen molar-refractivity contribution in [3.63, 3.8) is 0 Å². The van der Waals surface area contributed by atoms with Crippen molar-refractivity contribution < 1.29 is 18.0 Å². The third-order valence-electron chi connectivity index (χ3n) is 3.48. The Morgan fingerprint density at radius 1 is 1.42 bits per heavy atom. The van der Waals surface area contributed by atoms with Gasteiger partial charge >= 0.3 is 6.18 Å². The Bertz CT molecular complexity index is 288. The Labute approximate surface area is 111 Å². The maximum Gasteiger partial charge on any atom is 0.391 e. The molecule has 1 amide bonds. The lowest BCUT2D eigenvalue weighted by atomic mass is 9.96. The zero-order valence-corrected chi connectivity index (χ0v) is 11.2. The molecule has 3 N–H and O–H groups in total. The fourth-order valence-electron chi connectivity index (χ4n) is 2.27. The van der Waals surface area contributed by atoms with Crippen LogP contribution in [-0.2, 0) is 4.79 Å². The van der Waals surface area contributed by atoms with E-state index < -0.39 is 24.0 Å². The van der Waals surface area contributed by atoms with Crippen molar-refractivity contribution in [3.05, 3.63) is 0 Å². The highest BCUT2D eigenvalue weighted by Crippen LogP contribution is 2.33. The molecule has 1 rings (SSSR count). The second kappa shape index (κ2) is 7.09. The highest BCUT2D eigenvalue weighted by Gasteiger charge is 2.41. The summed E-state index contributed by atoms with van der Waals surface area (Å²) in [4.78, 5) is 13.1. The number of hydrogen-bond donors (Lipinski definition) is 2. The van der Waals surface area contributed by atoms with E-state index in [2.05, 4.69) is 5.32 Å². The Kier molecular flexibility index (Phi) is 6.06. The molecule has 0 spiro atoms. The van der Waals surface area contributed by atoms with Gasteiger partial charge in [-0.05, 0) is 38.9 Å². The van der Waals surface area contributed by atoms with Crippen molar-refractivity contribution in [2.75, 3.05) is 26.2 Å². The van der Waals surface area contributed by atoms with Crippen LogP contribution in [0.15, 0.2) is 0 Å². The molecule has 1 aliphatic rings. The van der Waals surface area contributed by atoms with E-state index >= 15 is 0 Å². The predicted octanol–water partition coefficient (Wildman–Crippen LogP) is 1.11. The number of nitrogens with zero attached hydrogens (tertiary/aromatic N) is 1. The van der Waals surface area contributed by atoms with Gasteiger partial charge in [0.2, 0.25) is 5.91 Å². The molecule has 1 fully saturated rings. The summed E-state index contributed by atoms with van der Waals surface area (Å²) in [5.74, 6) is -1.66. The first-order valence-corrected chi connectivity index (χ1v) is 6.66. The molecule has 7 heteroatoms. The van der Waals surface area contributed by atoms with Crippen molar-refractivity contribution in [2.45, 2.75) is 38.4 Å². The van der Waals surface area contributed by atoms with E-state index in [1.807, 2.05) is 11.8 Å². The summed E-state index contributed by atoms with van der Waals surface area (Å²) in [5.41, 5.74) is 5.28. The van der Waals surface area contributed by atoms with Crippen LogP contribution in [0, 0.1) is 5.92 Å². The van der Waals surface area contributed by atoms with Crippen LogP contribution < -0.4 is 11.1 Å². The minimum absolute atomic E-state index is 0.1000. The molecule has 0 bridgehead atoms. The number of piperidine rings is 1. The van der Waals surface area contributed by atoms with Crippen LogP contribution in [0.1, 0.15) is 26.2 Å². The lowest BCUT2D eigenvalue weighted by Gasteiger charge is -2.34. The first-order valence-electron chi connectivity index (χ1n) is 6.66. The predicted molar refractivity (Wildman–Crippen MR) is 66.5 cm³/mol. The summed E-state index contributed by atoms with van der Waals surface area (Å²) in [5, 5.41) is 3.02. The third-order valence-corrected chi connectivity index (χ3v) is 3.48. The number of hydrogen-bond acceptors (Lipinski definition) is 3. The average molecular weight is 281 g/mol. The van der Waals surface area contributed by atoms with Gasteiger partial charge in [-0.15, -0.1) is 0 Å². The standard InChI is InChI=1S/C12H22F3N3O/c1-2-5-17-10(11(16)19)8-18-6-3-9(4-7-18)12(13,14)15/h9-10,17H,2-8H2,1H3,(H2,16,19). The lowest BCUT2D eigenvalue weighted by Crippen LogP contribution is -2.51. The van der Waals surface area contributed by atoms with E-state index in [0.717, 1.165) is 6.42 Å². The smallest absolute Gasteiger partial charge is 0.368 e. The van der Waals surface area contributed by atoms with E-state index in [4.69, 9.17) is 5.73 Å². The second-order valence-corrected chi connectivity index (χ2v) is 5.03. The van der Waals surface area contributed by atoms with Crippen molar-refractivity contribution >= 4 is 5.91 Å². The van der Waals surface area contributed by atoms with Crippen LogP contribution in [0.5, 0.6) is 0 Å². The van der Waals surface area contributed by atoms with Gasteiger partial charge in [0.25, 0.3) is 0 Å². The molecular weight excluding hydrogens is 259 g/mol. The molecule has 1 unspecified atom stereocenters.